The number of hydrogen-bond acceptors (Lipinski definition) is 4. The summed E-state index contributed by atoms with van der Waals surface area (Å²) in [5.74, 6) is 1.18. The highest BCUT2D eigenvalue weighted by atomic mass is 32.2. The average molecular weight is 279 g/mol. The highest BCUT2D eigenvalue weighted by molar-refractivity contribution is 7.91. The van der Waals surface area contributed by atoms with Gasteiger partial charge in [-0.05, 0) is 38.6 Å². The van der Waals surface area contributed by atoms with Crippen LogP contribution in [0.1, 0.15) is 34.1 Å². The van der Waals surface area contributed by atoms with E-state index in [1.807, 2.05) is 0 Å². The molecule has 0 radical (unpaired) electrons. The molecule has 0 aliphatic rings. The molecular formula is C13H29NO3S. The lowest BCUT2D eigenvalue weighted by atomic mass is 9.93. The lowest BCUT2D eigenvalue weighted by Crippen LogP contribution is -2.31. The Kier molecular flexibility index (Phi) is 8.82. The maximum Gasteiger partial charge on any atom is 0.152 e. The summed E-state index contributed by atoms with van der Waals surface area (Å²) < 4.78 is 28.6. The van der Waals surface area contributed by atoms with Gasteiger partial charge in [0.1, 0.15) is 0 Å². The molecule has 4 nitrogen and oxygen atoms in total. The molecule has 0 spiro atoms. The summed E-state index contributed by atoms with van der Waals surface area (Å²) in [6, 6.07) is 0. The number of hydrogen-bond donors (Lipinski definition) is 1. The second-order valence-corrected chi connectivity index (χ2v) is 8.08. The summed E-state index contributed by atoms with van der Waals surface area (Å²) in [4.78, 5) is 0. The normalized spacial score (nSPS) is 14.4. The fourth-order valence-electron chi connectivity index (χ4n) is 1.68. The molecule has 1 atom stereocenters. The summed E-state index contributed by atoms with van der Waals surface area (Å²) in [6.45, 7) is 10.1. The van der Waals surface area contributed by atoms with Crippen molar-refractivity contribution in [2.45, 2.75) is 39.4 Å². The van der Waals surface area contributed by atoms with Gasteiger partial charge in [0.05, 0.1) is 17.6 Å². The lowest BCUT2D eigenvalue weighted by molar-refractivity contribution is 0.196. The molecule has 1 N–H and O–H groups in total. The molecule has 0 amide bonds. The van der Waals surface area contributed by atoms with E-state index in [-0.39, 0.29) is 5.25 Å². The van der Waals surface area contributed by atoms with E-state index in [2.05, 4.69) is 19.2 Å². The van der Waals surface area contributed by atoms with E-state index in [0.717, 1.165) is 19.5 Å². The predicted octanol–water partition coefficient (Wildman–Crippen LogP) is 1.71. The van der Waals surface area contributed by atoms with E-state index in [1.54, 1.807) is 21.0 Å². The third kappa shape index (κ3) is 7.34. The zero-order valence-electron chi connectivity index (χ0n) is 12.4. The van der Waals surface area contributed by atoms with Gasteiger partial charge in [-0.1, -0.05) is 13.8 Å². The number of sulfone groups is 1. The van der Waals surface area contributed by atoms with Crippen LogP contribution in [0.4, 0.5) is 0 Å². The number of nitrogens with one attached hydrogen (secondary N) is 1. The molecule has 0 saturated carbocycles. The SMILES string of the molecule is COCCNCC(CCS(=O)(=O)C(C)C)C(C)C. The fourth-order valence-corrected chi connectivity index (χ4v) is 2.79. The van der Waals surface area contributed by atoms with Crippen molar-refractivity contribution in [2.24, 2.45) is 11.8 Å². The standard InChI is InChI=1S/C13H29NO3S/c1-11(2)13(10-14-7-8-17-5)6-9-18(15,16)12(3)4/h11-14H,6-10H2,1-5H3. The Morgan fingerprint density at radius 3 is 2.22 bits per heavy atom. The first-order valence-electron chi connectivity index (χ1n) is 6.72. The van der Waals surface area contributed by atoms with Gasteiger partial charge in [-0.3, -0.25) is 0 Å². The van der Waals surface area contributed by atoms with E-state index >= 15 is 0 Å². The summed E-state index contributed by atoms with van der Waals surface area (Å²) in [7, 11) is -1.24. The minimum atomic E-state index is -2.91. The van der Waals surface area contributed by atoms with Crippen LogP contribution in [-0.2, 0) is 14.6 Å². The maximum atomic E-state index is 11.8. The van der Waals surface area contributed by atoms with Gasteiger partial charge < -0.3 is 10.1 Å². The van der Waals surface area contributed by atoms with Crippen LogP contribution < -0.4 is 5.32 Å². The van der Waals surface area contributed by atoms with Crippen LogP contribution >= 0.6 is 0 Å². The van der Waals surface area contributed by atoms with Gasteiger partial charge in [0.2, 0.25) is 0 Å². The molecule has 1 unspecified atom stereocenters. The first-order valence-corrected chi connectivity index (χ1v) is 8.44. The molecule has 0 saturated heterocycles. The Morgan fingerprint density at radius 1 is 1.17 bits per heavy atom. The Labute approximate surface area is 112 Å². The van der Waals surface area contributed by atoms with Gasteiger partial charge in [0.15, 0.2) is 9.84 Å². The second kappa shape index (κ2) is 8.88. The topological polar surface area (TPSA) is 55.4 Å². The van der Waals surface area contributed by atoms with Crippen LogP contribution in [-0.4, -0.2) is 46.2 Å². The molecule has 0 aliphatic carbocycles. The van der Waals surface area contributed by atoms with Crippen molar-refractivity contribution in [3.05, 3.63) is 0 Å². The average Bonchev–Trinajstić information content (AvgIpc) is 2.27. The van der Waals surface area contributed by atoms with Crippen LogP contribution in [0.15, 0.2) is 0 Å². The molecule has 0 rings (SSSR count). The molecule has 0 fully saturated rings. The first-order chi connectivity index (χ1) is 8.31. The highest BCUT2D eigenvalue weighted by Crippen LogP contribution is 2.16. The zero-order chi connectivity index (χ0) is 14.2. The zero-order valence-corrected chi connectivity index (χ0v) is 13.2. The molecule has 0 heterocycles. The quantitative estimate of drug-likeness (QED) is 0.619. The molecule has 110 valence electrons. The monoisotopic (exact) mass is 279 g/mol. The van der Waals surface area contributed by atoms with Gasteiger partial charge in [0.25, 0.3) is 0 Å². The van der Waals surface area contributed by atoms with Crippen LogP contribution in [0, 0.1) is 11.8 Å². The molecule has 18 heavy (non-hydrogen) atoms. The van der Waals surface area contributed by atoms with Crippen LogP contribution in [0.2, 0.25) is 0 Å². The van der Waals surface area contributed by atoms with Gasteiger partial charge in [-0.15, -0.1) is 0 Å². The van der Waals surface area contributed by atoms with E-state index in [4.69, 9.17) is 4.74 Å². The van der Waals surface area contributed by atoms with Crippen LogP contribution in [0.25, 0.3) is 0 Å². The highest BCUT2D eigenvalue weighted by Gasteiger charge is 2.20. The van der Waals surface area contributed by atoms with Crippen molar-refractivity contribution in [1.82, 2.24) is 5.32 Å². The van der Waals surface area contributed by atoms with Crippen molar-refractivity contribution < 1.29 is 13.2 Å². The first kappa shape index (κ1) is 17.9. The molecule has 0 aromatic carbocycles. The Morgan fingerprint density at radius 2 is 1.78 bits per heavy atom. The van der Waals surface area contributed by atoms with Crippen molar-refractivity contribution in [3.8, 4) is 0 Å². The number of rotatable bonds is 10. The largest absolute Gasteiger partial charge is 0.383 e. The minimum absolute atomic E-state index is 0.272. The third-order valence-corrected chi connectivity index (χ3v) is 5.56. The molecular weight excluding hydrogens is 250 g/mol. The summed E-state index contributed by atoms with van der Waals surface area (Å²) >= 11 is 0. The number of ether oxygens (including phenoxy) is 1. The van der Waals surface area contributed by atoms with Gasteiger partial charge >= 0.3 is 0 Å². The van der Waals surface area contributed by atoms with Crippen molar-refractivity contribution >= 4 is 9.84 Å². The van der Waals surface area contributed by atoms with E-state index in [1.165, 1.54) is 0 Å². The second-order valence-electron chi connectivity index (χ2n) is 5.41. The summed E-state index contributed by atoms with van der Waals surface area (Å²) in [5.41, 5.74) is 0. The van der Waals surface area contributed by atoms with E-state index in [9.17, 15) is 8.42 Å². The van der Waals surface area contributed by atoms with Crippen molar-refractivity contribution in [3.63, 3.8) is 0 Å². The fraction of sp³-hybridized carbons (Fsp3) is 1.00. The third-order valence-electron chi connectivity index (χ3n) is 3.32. The summed E-state index contributed by atoms with van der Waals surface area (Å²) in [6.07, 6.45) is 0.734. The molecule has 0 aliphatic heterocycles. The van der Waals surface area contributed by atoms with Gasteiger partial charge in [-0.25, -0.2) is 8.42 Å². The molecule has 0 aromatic rings. The van der Waals surface area contributed by atoms with E-state index in [0.29, 0.717) is 24.2 Å². The molecule has 0 bridgehead atoms. The Balaban J connectivity index is 4.13. The van der Waals surface area contributed by atoms with Gasteiger partial charge in [0, 0.05) is 13.7 Å². The predicted molar refractivity (Wildman–Crippen MR) is 76.6 cm³/mol. The van der Waals surface area contributed by atoms with Crippen LogP contribution in [0.3, 0.4) is 0 Å². The van der Waals surface area contributed by atoms with Crippen molar-refractivity contribution in [2.75, 3.05) is 32.6 Å². The van der Waals surface area contributed by atoms with Crippen LogP contribution in [0.5, 0.6) is 0 Å². The number of methoxy groups -OCH3 is 1. The van der Waals surface area contributed by atoms with E-state index < -0.39 is 9.84 Å². The van der Waals surface area contributed by atoms with Crippen molar-refractivity contribution in [1.29, 1.82) is 0 Å². The lowest BCUT2D eigenvalue weighted by Gasteiger charge is -2.21. The Hall–Kier alpha value is -0.130. The smallest absolute Gasteiger partial charge is 0.152 e. The minimum Gasteiger partial charge on any atom is -0.383 e. The Bertz CT molecular complexity index is 299. The maximum absolute atomic E-state index is 11.8. The molecule has 5 heteroatoms. The van der Waals surface area contributed by atoms with Gasteiger partial charge in [-0.2, -0.15) is 0 Å². The molecule has 0 aromatic heterocycles. The summed E-state index contributed by atoms with van der Waals surface area (Å²) in [5, 5.41) is 3.04.